The van der Waals surface area contributed by atoms with Gasteiger partial charge in [-0.1, -0.05) is 49.4 Å². The maximum absolute atomic E-state index is 13.6. The Morgan fingerprint density at radius 1 is 1.04 bits per heavy atom. The van der Waals surface area contributed by atoms with Crippen LogP contribution in [0.5, 0.6) is 0 Å². The average Bonchev–Trinajstić information content (AvgIpc) is 2.52. The molecule has 0 radical (unpaired) electrons. The van der Waals surface area contributed by atoms with E-state index in [9.17, 15) is 18.0 Å². The van der Waals surface area contributed by atoms with Crippen molar-refractivity contribution in [3.05, 3.63) is 70.1 Å². The number of rotatable bonds is 2. The van der Waals surface area contributed by atoms with Crippen LogP contribution in [0, 0.1) is 0 Å². The van der Waals surface area contributed by atoms with Gasteiger partial charge in [0.05, 0.1) is 11.1 Å². The van der Waals surface area contributed by atoms with Crippen LogP contribution in [-0.2, 0) is 12.6 Å². The Labute approximate surface area is 130 Å². The molecule has 0 unspecified atom stereocenters. The highest BCUT2D eigenvalue weighted by Crippen LogP contribution is 2.40. The lowest BCUT2D eigenvalue weighted by Gasteiger charge is -2.15. The summed E-state index contributed by atoms with van der Waals surface area (Å²) in [4.78, 5) is 12.2. The molecule has 0 aliphatic carbocycles. The van der Waals surface area contributed by atoms with E-state index in [1.165, 1.54) is 24.3 Å². The second kappa shape index (κ2) is 5.57. The Kier molecular flexibility index (Phi) is 3.72. The van der Waals surface area contributed by atoms with Crippen LogP contribution in [-0.4, -0.2) is 0 Å². The summed E-state index contributed by atoms with van der Waals surface area (Å²) in [5.41, 5.74) is -1.42. The van der Waals surface area contributed by atoms with E-state index >= 15 is 0 Å². The van der Waals surface area contributed by atoms with E-state index in [0.29, 0.717) is 6.42 Å². The highest BCUT2D eigenvalue weighted by Gasteiger charge is 2.38. The van der Waals surface area contributed by atoms with Crippen LogP contribution >= 0.6 is 0 Å². The van der Waals surface area contributed by atoms with Crippen molar-refractivity contribution in [3.63, 3.8) is 0 Å². The highest BCUT2D eigenvalue weighted by molar-refractivity contribution is 5.88. The summed E-state index contributed by atoms with van der Waals surface area (Å²) >= 11 is 0. The third-order valence-corrected chi connectivity index (χ3v) is 3.73. The van der Waals surface area contributed by atoms with Crippen LogP contribution in [0.1, 0.15) is 18.1 Å². The number of halogens is 3. The fourth-order valence-electron chi connectivity index (χ4n) is 2.63. The van der Waals surface area contributed by atoms with E-state index < -0.39 is 22.9 Å². The molecule has 1 heterocycles. The number of alkyl halides is 3. The van der Waals surface area contributed by atoms with Crippen LogP contribution < -0.4 is 5.63 Å². The van der Waals surface area contributed by atoms with Gasteiger partial charge in [-0.2, -0.15) is 13.2 Å². The van der Waals surface area contributed by atoms with Crippen LogP contribution in [0.2, 0.25) is 0 Å². The topological polar surface area (TPSA) is 30.2 Å². The van der Waals surface area contributed by atoms with E-state index in [-0.39, 0.29) is 16.5 Å². The van der Waals surface area contributed by atoms with Crippen LogP contribution in [0.3, 0.4) is 0 Å². The molecule has 3 aromatic rings. The molecule has 0 saturated heterocycles. The first kappa shape index (κ1) is 15.3. The fourth-order valence-corrected chi connectivity index (χ4v) is 2.63. The minimum atomic E-state index is -4.66. The molecule has 23 heavy (non-hydrogen) atoms. The Balaban J connectivity index is 2.45. The predicted octanol–water partition coefficient (Wildman–Crippen LogP) is 5.04. The lowest BCUT2D eigenvalue weighted by Crippen LogP contribution is -2.16. The third kappa shape index (κ3) is 2.74. The van der Waals surface area contributed by atoms with Crippen molar-refractivity contribution in [3.8, 4) is 11.1 Å². The number of aryl methyl sites for hydroxylation is 1. The smallest absolute Gasteiger partial charge is 0.417 e. The maximum Gasteiger partial charge on any atom is 0.417 e. The van der Waals surface area contributed by atoms with Gasteiger partial charge in [-0.15, -0.1) is 0 Å². The van der Waals surface area contributed by atoms with Crippen molar-refractivity contribution in [2.24, 2.45) is 0 Å². The van der Waals surface area contributed by atoms with Crippen molar-refractivity contribution in [2.75, 3.05) is 0 Å². The molecular weight excluding hydrogens is 305 g/mol. The Bertz CT molecular complexity index is 909. The Morgan fingerprint density at radius 3 is 2.35 bits per heavy atom. The molecule has 2 nitrogen and oxygen atoms in total. The largest absolute Gasteiger partial charge is 0.422 e. The minimum absolute atomic E-state index is 0.0404. The molecule has 1 aromatic heterocycles. The highest BCUT2D eigenvalue weighted by atomic mass is 19.4. The summed E-state index contributed by atoms with van der Waals surface area (Å²) in [5, 5.41) is -0.104. The average molecular weight is 318 g/mol. The first-order valence-electron chi connectivity index (χ1n) is 7.14. The van der Waals surface area contributed by atoms with E-state index in [4.69, 9.17) is 4.42 Å². The van der Waals surface area contributed by atoms with Gasteiger partial charge >= 0.3 is 11.8 Å². The van der Waals surface area contributed by atoms with Gasteiger partial charge in [0, 0.05) is 5.39 Å². The molecule has 3 rings (SSSR count). The molecule has 0 aliphatic heterocycles. The number of fused-ring (bicyclic) bond motifs is 1. The minimum Gasteiger partial charge on any atom is -0.422 e. The zero-order valence-corrected chi connectivity index (χ0v) is 12.3. The van der Waals surface area contributed by atoms with Crippen molar-refractivity contribution in [1.29, 1.82) is 0 Å². The van der Waals surface area contributed by atoms with Crippen molar-refractivity contribution >= 4 is 11.0 Å². The van der Waals surface area contributed by atoms with Gasteiger partial charge in [0.25, 0.3) is 0 Å². The van der Waals surface area contributed by atoms with Gasteiger partial charge in [-0.25, -0.2) is 4.79 Å². The van der Waals surface area contributed by atoms with Crippen molar-refractivity contribution in [1.82, 2.24) is 0 Å². The van der Waals surface area contributed by atoms with E-state index in [0.717, 1.165) is 5.56 Å². The normalized spacial score (nSPS) is 11.8. The number of hydrogen-bond acceptors (Lipinski definition) is 2. The Hall–Kier alpha value is -2.56. The zero-order chi connectivity index (χ0) is 16.6. The molecule has 0 atom stereocenters. The van der Waals surface area contributed by atoms with Crippen LogP contribution in [0.15, 0.2) is 57.7 Å². The molecule has 0 N–H and O–H groups in total. The van der Waals surface area contributed by atoms with Crippen molar-refractivity contribution < 1.29 is 17.6 Å². The number of benzene rings is 2. The standard InChI is InChI=1S/C18H13F3O2/c1-2-11-8-9-13-14(10-11)23-17(22)15(16(13)18(19,20)21)12-6-4-3-5-7-12/h3-10H,2H2,1H3. The molecule has 0 amide bonds. The molecule has 2 aromatic carbocycles. The zero-order valence-electron chi connectivity index (χ0n) is 12.3. The van der Waals surface area contributed by atoms with Crippen molar-refractivity contribution in [2.45, 2.75) is 19.5 Å². The first-order valence-corrected chi connectivity index (χ1v) is 7.14. The van der Waals surface area contributed by atoms with Gasteiger partial charge < -0.3 is 4.42 Å². The fraction of sp³-hybridized carbons (Fsp3) is 0.167. The first-order chi connectivity index (χ1) is 10.9. The molecule has 118 valence electrons. The SMILES string of the molecule is CCc1ccc2c(C(F)(F)F)c(-c3ccccc3)c(=O)oc2c1. The number of hydrogen-bond donors (Lipinski definition) is 0. The van der Waals surface area contributed by atoms with E-state index in [2.05, 4.69) is 0 Å². The molecule has 0 bridgehead atoms. The molecule has 0 spiro atoms. The lowest BCUT2D eigenvalue weighted by molar-refractivity contribution is -0.136. The van der Waals surface area contributed by atoms with Gasteiger partial charge in [-0.3, -0.25) is 0 Å². The molecule has 5 heteroatoms. The van der Waals surface area contributed by atoms with Crippen LogP contribution in [0.25, 0.3) is 22.1 Å². The second-order valence-electron chi connectivity index (χ2n) is 5.19. The Morgan fingerprint density at radius 2 is 1.74 bits per heavy atom. The summed E-state index contributed by atoms with van der Waals surface area (Å²) in [6.45, 7) is 1.88. The molecule has 0 fully saturated rings. The summed E-state index contributed by atoms with van der Waals surface area (Å²) in [6, 6.07) is 12.2. The molecular formula is C18H13F3O2. The van der Waals surface area contributed by atoms with Crippen LogP contribution in [0.4, 0.5) is 13.2 Å². The lowest BCUT2D eigenvalue weighted by atomic mass is 9.97. The summed E-state index contributed by atoms with van der Waals surface area (Å²) in [6.07, 6.45) is -4.02. The van der Waals surface area contributed by atoms with E-state index in [1.54, 1.807) is 24.3 Å². The molecule has 0 saturated carbocycles. The monoisotopic (exact) mass is 318 g/mol. The summed E-state index contributed by atoms with van der Waals surface area (Å²) < 4.78 is 46.1. The van der Waals surface area contributed by atoms with Gasteiger partial charge in [-0.05, 0) is 23.6 Å². The predicted molar refractivity (Wildman–Crippen MR) is 82.3 cm³/mol. The maximum atomic E-state index is 13.6. The quantitative estimate of drug-likeness (QED) is 0.620. The summed E-state index contributed by atoms with van der Waals surface area (Å²) in [7, 11) is 0. The van der Waals surface area contributed by atoms with E-state index in [1.807, 2.05) is 6.92 Å². The third-order valence-electron chi connectivity index (χ3n) is 3.73. The second-order valence-corrected chi connectivity index (χ2v) is 5.19. The van der Waals surface area contributed by atoms with Gasteiger partial charge in [0.2, 0.25) is 0 Å². The van der Waals surface area contributed by atoms with Gasteiger partial charge in [0.1, 0.15) is 5.58 Å². The van der Waals surface area contributed by atoms with Gasteiger partial charge in [0.15, 0.2) is 0 Å². The summed E-state index contributed by atoms with van der Waals surface area (Å²) in [5.74, 6) is 0. The molecule has 0 aliphatic rings.